The minimum atomic E-state index is -4.97. The summed E-state index contributed by atoms with van der Waals surface area (Å²) in [6.07, 6.45) is 0. The second-order valence-electron chi connectivity index (χ2n) is 9.07. The number of carboxylic acid groups (broad SMARTS) is 1. The Kier molecular flexibility index (Phi) is 6.38. The van der Waals surface area contributed by atoms with Gasteiger partial charge in [-0.1, -0.05) is 36.4 Å². The molecule has 0 saturated heterocycles. The van der Waals surface area contributed by atoms with Crippen molar-refractivity contribution in [2.45, 2.75) is 30.9 Å². The smallest absolute Gasteiger partial charge is 0.467 e. The first kappa shape index (κ1) is 26.3. The fraction of sp³-hybridized carbons (Fsp3) is 0.138. The van der Waals surface area contributed by atoms with E-state index >= 15 is 0 Å². The van der Waals surface area contributed by atoms with Crippen LogP contribution in [0, 0.1) is 13.8 Å². The first-order chi connectivity index (χ1) is 18.4. The van der Waals surface area contributed by atoms with Crippen molar-refractivity contribution in [3.63, 3.8) is 0 Å². The number of carboxylic acids is 1. The molecule has 5 rings (SSSR count). The lowest BCUT2D eigenvalue weighted by Gasteiger charge is -2.15. The number of halogens is 3. The number of fused-ring (bicyclic) bond motifs is 2. The maximum atomic E-state index is 13.1. The van der Waals surface area contributed by atoms with Crippen molar-refractivity contribution in [2.24, 2.45) is 0 Å². The molecule has 5 aromatic rings. The molecule has 0 amide bonds. The van der Waals surface area contributed by atoms with Gasteiger partial charge < -0.3 is 14.3 Å². The predicted octanol–water partition coefficient (Wildman–Crippen LogP) is 7.14. The first-order valence-corrected chi connectivity index (χ1v) is 13.4. The number of aromatic carboxylic acids is 1. The van der Waals surface area contributed by atoms with Gasteiger partial charge in [0.15, 0.2) is 5.76 Å². The minimum absolute atomic E-state index is 0.0362. The zero-order valence-electron chi connectivity index (χ0n) is 20.8. The molecule has 0 bridgehead atoms. The molecule has 0 saturated carbocycles. The standard InChI is InChI=1S/C29H22F3NO5S/c1-16-8-13-24(37-15-18-9-11-19(12-10-18)39(3,36)29(30,31)32)25-21(28(34)35)14-22(33-26(16)25)27-17(2)20-6-4-5-7-23(20)38-27/h4-14H,3,15H2,1-2H3,(H,34,35). The molecule has 0 radical (unpaired) electrons. The lowest BCUT2D eigenvalue weighted by molar-refractivity contribution is -0.0392. The molecule has 0 aliphatic rings. The van der Waals surface area contributed by atoms with Gasteiger partial charge >= 0.3 is 11.5 Å². The van der Waals surface area contributed by atoms with E-state index < -0.39 is 25.9 Å². The van der Waals surface area contributed by atoms with E-state index in [4.69, 9.17) is 14.1 Å². The molecule has 200 valence electrons. The monoisotopic (exact) mass is 553 g/mol. The van der Waals surface area contributed by atoms with Gasteiger partial charge in [-0.2, -0.15) is 13.2 Å². The number of pyridine rings is 1. The number of alkyl halides is 3. The highest BCUT2D eigenvalue weighted by Crippen LogP contribution is 2.37. The van der Waals surface area contributed by atoms with Crippen LogP contribution in [0.2, 0.25) is 0 Å². The molecule has 6 nitrogen and oxygen atoms in total. The van der Waals surface area contributed by atoms with Crippen molar-refractivity contribution in [3.05, 3.63) is 89.0 Å². The summed E-state index contributed by atoms with van der Waals surface area (Å²) in [5, 5.41) is 11.3. The van der Waals surface area contributed by atoms with Crippen LogP contribution >= 0.6 is 0 Å². The van der Waals surface area contributed by atoms with Gasteiger partial charge in [0.2, 0.25) is 0 Å². The first-order valence-electron chi connectivity index (χ1n) is 11.7. The quantitative estimate of drug-likeness (QED) is 0.225. The third-order valence-electron chi connectivity index (χ3n) is 6.50. The normalized spacial score (nSPS) is 13.5. The summed E-state index contributed by atoms with van der Waals surface area (Å²) in [5.41, 5.74) is -1.52. The number of nitrogens with zero attached hydrogens (tertiary/aromatic N) is 1. The number of para-hydroxylation sites is 1. The number of benzene rings is 3. The van der Waals surface area contributed by atoms with E-state index in [-0.39, 0.29) is 23.3 Å². The molecule has 1 atom stereocenters. The van der Waals surface area contributed by atoms with Crippen molar-refractivity contribution in [2.75, 3.05) is 0 Å². The van der Waals surface area contributed by atoms with Gasteiger partial charge in [0.25, 0.3) is 0 Å². The second-order valence-corrected chi connectivity index (χ2v) is 11.4. The van der Waals surface area contributed by atoms with Crippen LogP contribution < -0.4 is 4.74 Å². The van der Waals surface area contributed by atoms with Crippen molar-refractivity contribution < 1.29 is 36.4 Å². The molecule has 3 aromatic carbocycles. The average Bonchev–Trinajstić information content (AvgIpc) is 3.24. The Bertz CT molecular complexity index is 1860. The van der Waals surface area contributed by atoms with Crippen molar-refractivity contribution in [1.29, 1.82) is 0 Å². The van der Waals surface area contributed by atoms with Gasteiger partial charge in [-0.3, -0.25) is 4.21 Å². The van der Waals surface area contributed by atoms with Gasteiger partial charge in [-0.05, 0) is 61.2 Å². The van der Waals surface area contributed by atoms with Gasteiger partial charge in [-0.15, -0.1) is 0 Å². The van der Waals surface area contributed by atoms with Crippen LogP contribution in [0.15, 0.2) is 76.0 Å². The third-order valence-corrected chi connectivity index (χ3v) is 8.28. The number of ether oxygens (including phenoxy) is 1. The van der Waals surface area contributed by atoms with E-state index in [0.29, 0.717) is 28.1 Å². The fourth-order valence-corrected chi connectivity index (χ4v) is 5.21. The molecule has 1 unspecified atom stereocenters. The van der Waals surface area contributed by atoms with Crippen LogP contribution in [0.3, 0.4) is 0 Å². The second kappa shape index (κ2) is 9.46. The number of rotatable bonds is 6. The Morgan fingerprint density at radius 3 is 2.41 bits per heavy atom. The molecule has 0 aliphatic heterocycles. The average molecular weight is 554 g/mol. The maximum absolute atomic E-state index is 13.1. The highest BCUT2D eigenvalue weighted by Gasteiger charge is 2.40. The van der Waals surface area contributed by atoms with Gasteiger partial charge in [0.05, 0.1) is 26.0 Å². The molecule has 2 heterocycles. The highest BCUT2D eigenvalue weighted by molar-refractivity contribution is 8.01. The Hall–Kier alpha value is -4.31. The topological polar surface area (TPSA) is 89.6 Å². The van der Waals surface area contributed by atoms with Crippen molar-refractivity contribution >= 4 is 43.2 Å². The molecule has 10 heteroatoms. The SMILES string of the molecule is C=S(=O)(c1ccc(COc2ccc(C)c3nc(-c4oc5ccccc5c4C)cc(C(=O)O)c23)cc1)C(F)(F)F. The van der Waals surface area contributed by atoms with Crippen LogP contribution in [0.5, 0.6) is 5.75 Å². The summed E-state index contributed by atoms with van der Waals surface area (Å²) in [5.74, 6) is 2.38. The van der Waals surface area contributed by atoms with Crippen molar-refractivity contribution in [3.8, 4) is 17.2 Å². The van der Waals surface area contributed by atoms with E-state index in [1.54, 1.807) is 19.1 Å². The van der Waals surface area contributed by atoms with Gasteiger partial charge in [0, 0.05) is 15.8 Å². The van der Waals surface area contributed by atoms with E-state index in [1.807, 2.05) is 31.2 Å². The largest absolute Gasteiger partial charge is 0.488 e. The van der Waals surface area contributed by atoms with Crippen LogP contribution in [-0.2, 0) is 16.1 Å². The van der Waals surface area contributed by atoms with Gasteiger partial charge in [-0.25, -0.2) is 9.78 Å². The molecule has 39 heavy (non-hydrogen) atoms. The fourth-order valence-electron chi connectivity index (χ4n) is 4.37. The van der Waals surface area contributed by atoms with Crippen LogP contribution in [0.25, 0.3) is 33.3 Å². The van der Waals surface area contributed by atoms with E-state index in [0.717, 1.165) is 28.6 Å². The zero-order valence-corrected chi connectivity index (χ0v) is 21.7. The Labute approximate surface area is 221 Å². The summed E-state index contributed by atoms with van der Waals surface area (Å²) in [6, 6.07) is 17.2. The molecular formula is C29H22F3NO5S. The number of aromatic nitrogens is 1. The van der Waals surface area contributed by atoms with Crippen LogP contribution in [-0.4, -0.2) is 31.6 Å². The summed E-state index contributed by atoms with van der Waals surface area (Å²) >= 11 is 0. The summed E-state index contributed by atoms with van der Waals surface area (Å²) in [4.78, 5) is 16.7. The Morgan fingerprint density at radius 2 is 1.77 bits per heavy atom. The zero-order chi connectivity index (χ0) is 28.1. The summed E-state index contributed by atoms with van der Waals surface area (Å²) < 4.78 is 63.2. The molecular weight excluding hydrogens is 531 g/mol. The lowest BCUT2D eigenvalue weighted by Crippen LogP contribution is -2.22. The Morgan fingerprint density at radius 1 is 1.08 bits per heavy atom. The molecule has 0 spiro atoms. The number of aryl methyl sites for hydroxylation is 2. The van der Waals surface area contributed by atoms with E-state index in [9.17, 15) is 27.3 Å². The van der Waals surface area contributed by atoms with E-state index in [1.165, 1.54) is 18.2 Å². The number of hydrogen-bond donors (Lipinski definition) is 1. The minimum Gasteiger partial charge on any atom is -0.488 e. The predicted molar refractivity (Wildman–Crippen MR) is 144 cm³/mol. The summed E-state index contributed by atoms with van der Waals surface area (Å²) in [7, 11) is -4.47. The van der Waals surface area contributed by atoms with Crippen molar-refractivity contribution in [1.82, 2.24) is 4.98 Å². The third kappa shape index (κ3) is 4.61. The number of carbonyl (C=O) groups is 1. The molecule has 2 aromatic heterocycles. The molecule has 1 N–H and O–H groups in total. The number of furan rings is 1. The van der Waals surface area contributed by atoms with Crippen LogP contribution in [0.4, 0.5) is 13.2 Å². The maximum Gasteiger partial charge on any atom is 0.467 e. The van der Waals surface area contributed by atoms with Crippen LogP contribution in [0.1, 0.15) is 27.0 Å². The highest BCUT2D eigenvalue weighted by atomic mass is 32.2. The molecule has 0 fully saturated rings. The van der Waals surface area contributed by atoms with Gasteiger partial charge in [0.1, 0.15) is 23.6 Å². The lowest BCUT2D eigenvalue weighted by atomic mass is 10.0. The van der Waals surface area contributed by atoms with E-state index in [2.05, 4.69) is 5.87 Å². The number of hydrogen-bond acceptors (Lipinski definition) is 5. The molecule has 0 aliphatic carbocycles. The Balaban J connectivity index is 1.54. The summed E-state index contributed by atoms with van der Waals surface area (Å²) in [6.45, 7) is 3.61.